The highest BCUT2D eigenvalue weighted by Crippen LogP contribution is 2.37. The van der Waals surface area contributed by atoms with Crippen molar-refractivity contribution < 1.29 is 4.74 Å². The van der Waals surface area contributed by atoms with Gasteiger partial charge in [-0.2, -0.15) is 0 Å². The third-order valence-corrected chi connectivity index (χ3v) is 3.98. The van der Waals surface area contributed by atoms with Crippen molar-refractivity contribution in [2.45, 2.75) is 51.6 Å². The molecule has 2 heteroatoms. The SMILES string of the molecule is Cc1ccc2c(c1C)OCCCC2NC1CC1. The zero-order valence-electron chi connectivity index (χ0n) is 10.8. The molecule has 1 N–H and O–H groups in total. The van der Waals surface area contributed by atoms with Crippen LogP contribution in [-0.4, -0.2) is 12.6 Å². The van der Waals surface area contributed by atoms with Gasteiger partial charge < -0.3 is 10.1 Å². The van der Waals surface area contributed by atoms with Gasteiger partial charge in [0.2, 0.25) is 0 Å². The first-order chi connectivity index (χ1) is 8.25. The highest BCUT2D eigenvalue weighted by molar-refractivity contribution is 5.47. The van der Waals surface area contributed by atoms with Crippen molar-refractivity contribution >= 4 is 0 Å². The second kappa shape index (κ2) is 4.34. The lowest BCUT2D eigenvalue weighted by Crippen LogP contribution is -2.23. The third-order valence-electron chi connectivity index (χ3n) is 3.98. The van der Waals surface area contributed by atoms with Crippen LogP contribution in [0, 0.1) is 13.8 Å². The highest BCUT2D eigenvalue weighted by Gasteiger charge is 2.28. The molecule has 0 radical (unpaired) electrons. The number of nitrogens with one attached hydrogen (secondary N) is 1. The molecule has 1 atom stereocenters. The molecule has 1 saturated carbocycles. The van der Waals surface area contributed by atoms with Crippen LogP contribution in [0.1, 0.15) is 48.4 Å². The number of ether oxygens (including phenoxy) is 1. The van der Waals surface area contributed by atoms with Crippen molar-refractivity contribution in [2.24, 2.45) is 0 Å². The molecule has 1 unspecified atom stereocenters. The van der Waals surface area contributed by atoms with E-state index in [0.29, 0.717) is 6.04 Å². The van der Waals surface area contributed by atoms with Gasteiger partial charge in [-0.05, 0) is 50.7 Å². The summed E-state index contributed by atoms with van der Waals surface area (Å²) in [5.74, 6) is 1.14. The molecule has 1 aliphatic carbocycles. The summed E-state index contributed by atoms with van der Waals surface area (Å²) in [5, 5.41) is 3.76. The summed E-state index contributed by atoms with van der Waals surface area (Å²) in [6.45, 7) is 5.20. The van der Waals surface area contributed by atoms with Crippen LogP contribution in [0.3, 0.4) is 0 Å². The number of rotatable bonds is 2. The second-order valence-corrected chi connectivity index (χ2v) is 5.41. The molecule has 1 fully saturated rings. The van der Waals surface area contributed by atoms with Gasteiger partial charge in [0, 0.05) is 17.6 Å². The smallest absolute Gasteiger partial charge is 0.127 e. The molecule has 2 nitrogen and oxygen atoms in total. The third kappa shape index (κ3) is 2.19. The van der Waals surface area contributed by atoms with Gasteiger partial charge in [-0.15, -0.1) is 0 Å². The Bertz CT molecular complexity index is 423. The van der Waals surface area contributed by atoms with Crippen molar-refractivity contribution in [3.05, 3.63) is 28.8 Å². The van der Waals surface area contributed by atoms with Gasteiger partial charge in [0.05, 0.1) is 6.61 Å². The van der Waals surface area contributed by atoms with Crippen molar-refractivity contribution in [3.8, 4) is 5.75 Å². The molecule has 2 aliphatic rings. The fourth-order valence-electron chi connectivity index (χ4n) is 2.60. The molecule has 3 rings (SSSR count). The van der Waals surface area contributed by atoms with E-state index in [-0.39, 0.29) is 0 Å². The van der Waals surface area contributed by atoms with Crippen LogP contribution < -0.4 is 10.1 Å². The zero-order chi connectivity index (χ0) is 11.8. The summed E-state index contributed by atoms with van der Waals surface area (Å²) in [4.78, 5) is 0. The summed E-state index contributed by atoms with van der Waals surface area (Å²) < 4.78 is 5.95. The summed E-state index contributed by atoms with van der Waals surface area (Å²) in [5.41, 5.74) is 4.01. The number of hydrogen-bond acceptors (Lipinski definition) is 2. The average Bonchev–Trinajstić information content (AvgIpc) is 3.13. The Hall–Kier alpha value is -1.02. The Morgan fingerprint density at radius 1 is 1.18 bits per heavy atom. The standard InChI is InChI=1S/C15H21NO/c1-10-5-8-13-14(16-12-6-7-12)4-3-9-17-15(13)11(10)2/h5,8,12,14,16H,3-4,6-7,9H2,1-2H3. The lowest BCUT2D eigenvalue weighted by Gasteiger charge is -2.20. The van der Waals surface area contributed by atoms with Crippen molar-refractivity contribution in [2.75, 3.05) is 6.61 Å². The monoisotopic (exact) mass is 231 g/mol. The maximum Gasteiger partial charge on any atom is 0.127 e. The van der Waals surface area contributed by atoms with E-state index in [1.807, 2.05) is 0 Å². The van der Waals surface area contributed by atoms with Crippen molar-refractivity contribution in [3.63, 3.8) is 0 Å². The average molecular weight is 231 g/mol. The van der Waals surface area contributed by atoms with Crippen LogP contribution >= 0.6 is 0 Å². The molecule has 1 aliphatic heterocycles. The predicted octanol–water partition coefficient (Wildman–Crippen LogP) is 3.27. The Morgan fingerprint density at radius 2 is 2.00 bits per heavy atom. The zero-order valence-corrected chi connectivity index (χ0v) is 10.8. The Balaban J connectivity index is 1.96. The predicted molar refractivity (Wildman–Crippen MR) is 69.5 cm³/mol. The van der Waals surface area contributed by atoms with Gasteiger partial charge >= 0.3 is 0 Å². The molecule has 17 heavy (non-hydrogen) atoms. The van der Waals surface area contributed by atoms with E-state index >= 15 is 0 Å². The largest absolute Gasteiger partial charge is 0.493 e. The Morgan fingerprint density at radius 3 is 2.76 bits per heavy atom. The van der Waals surface area contributed by atoms with E-state index in [2.05, 4.69) is 31.3 Å². The van der Waals surface area contributed by atoms with Crippen LogP contribution in [-0.2, 0) is 0 Å². The van der Waals surface area contributed by atoms with Gasteiger partial charge in [0.1, 0.15) is 5.75 Å². The molecule has 0 aromatic heterocycles. The quantitative estimate of drug-likeness (QED) is 0.843. The van der Waals surface area contributed by atoms with Crippen LogP contribution in [0.2, 0.25) is 0 Å². The molecular weight excluding hydrogens is 210 g/mol. The van der Waals surface area contributed by atoms with Crippen molar-refractivity contribution in [1.29, 1.82) is 0 Å². The lowest BCUT2D eigenvalue weighted by atomic mass is 9.97. The molecule has 1 heterocycles. The molecule has 0 spiro atoms. The minimum atomic E-state index is 0.499. The molecule has 1 aromatic carbocycles. The number of hydrogen-bond donors (Lipinski definition) is 1. The summed E-state index contributed by atoms with van der Waals surface area (Å²) in [6, 6.07) is 5.74. The van der Waals surface area contributed by atoms with Crippen LogP contribution in [0.4, 0.5) is 0 Å². The van der Waals surface area contributed by atoms with E-state index in [4.69, 9.17) is 4.74 Å². The first kappa shape index (κ1) is 11.1. The van der Waals surface area contributed by atoms with Gasteiger partial charge in [-0.1, -0.05) is 12.1 Å². The molecular formula is C15H21NO. The van der Waals surface area contributed by atoms with E-state index in [9.17, 15) is 0 Å². The molecule has 92 valence electrons. The molecule has 0 bridgehead atoms. The minimum absolute atomic E-state index is 0.499. The summed E-state index contributed by atoms with van der Waals surface area (Å²) >= 11 is 0. The van der Waals surface area contributed by atoms with Gasteiger partial charge in [-0.3, -0.25) is 0 Å². The fraction of sp³-hybridized carbons (Fsp3) is 0.600. The first-order valence-corrected chi connectivity index (χ1v) is 6.74. The number of aryl methyl sites for hydroxylation is 1. The second-order valence-electron chi connectivity index (χ2n) is 5.41. The lowest BCUT2D eigenvalue weighted by molar-refractivity contribution is 0.313. The van der Waals surface area contributed by atoms with E-state index in [0.717, 1.165) is 24.8 Å². The molecule has 1 aromatic rings. The summed E-state index contributed by atoms with van der Waals surface area (Å²) in [7, 11) is 0. The van der Waals surface area contributed by atoms with E-state index in [1.54, 1.807) is 0 Å². The van der Waals surface area contributed by atoms with E-state index in [1.165, 1.54) is 36.0 Å². The number of benzene rings is 1. The van der Waals surface area contributed by atoms with Crippen LogP contribution in [0.25, 0.3) is 0 Å². The Labute approximate surface area is 103 Å². The molecule has 0 saturated heterocycles. The highest BCUT2D eigenvalue weighted by atomic mass is 16.5. The van der Waals surface area contributed by atoms with Gasteiger partial charge in [0.15, 0.2) is 0 Å². The van der Waals surface area contributed by atoms with Crippen LogP contribution in [0.15, 0.2) is 12.1 Å². The van der Waals surface area contributed by atoms with E-state index < -0.39 is 0 Å². The maximum atomic E-state index is 5.95. The fourth-order valence-corrected chi connectivity index (χ4v) is 2.60. The minimum Gasteiger partial charge on any atom is -0.493 e. The topological polar surface area (TPSA) is 21.3 Å². The Kier molecular flexibility index (Phi) is 2.83. The van der Waals surface area contributed by atoms with Crippen LogP contribution in [0.5, 0.6) is 5.75 Å². The normalized spacial score (nSPS) is 23.8. The van der Waals surface area contributed by atoms with Crippen molar-refractivity contribution in [1.82, 2.24) is 5.32 Å². The number of fused-ring (bicyclic) bond motifs is 1. The first-order valence-electron chi connectivity index (χ1n) is 6.74. The van der Waals surface area contributed by atoms with Gasteiger partial charge in [-0.25, -0.2) is 0 Å². The molecule has 0 amide bonds. The maximum absolute atomic E-state index is 5.95. The summed E-state index contributed by atoms with van der Waals surface area (Å²) in [6.07, 6.45) is 5.04. The van der Waals surface area contributed by atoms with Gasteiger partial charge in [0.25, 0.3) is 0 Å².